The van der Waals surface area contributed by atoms with Gasteiger partial charge < -0.3 is 10.1 Å². The Hall–Kier alpha value is -1.88. The Labute approximate surface area is 118 Å². The fourth-order valence-corrected chi connectivity index (χ4v) is 2.33. The highest BCUT2D eigenvalue weighted by Gasteiger charge is 2.20. The predicted octanol–water partition coefficient (Wildman–Crippen LogP) is 2.55. The molecule has 1 heterocycles. The Morgan fingerprint density at radius 2 is 2.05 bits per heavy atom. The summed E-state index contributed by atoms with van der Waals surface area (Å²) in [7, 11) is 3.55. The van der Waals surface area contributed by atoms with E-state index in [1.165, 1.54) is 12.1 Å². The quantitative estimate of drug-likeness (QED) is 0.882. The lowest BCUT2D eigenvalue weighted by Crippen LogP contribution is -2.23. The standard InChI is InChI=1S/C15H20FN3O/c1-4-19-15(14(20-3)10-18-19)13(17-2)9-11-5-7-12(16)8-6-11/h5-8,10,13,17H,4,9H2,1-3H3. The number of ether oxygens (including phenoxy) is 1. The molecule has 1 aromatic heterocycles. The third-order valence-corrected chi connectivity index (χ3v) is 3.40. The number of aromatic nitrogens is 2. The summed E-state index contributed by atoms with van der Waals surface area (Å²) in [6, 6.07) is 6.64. The molecular weight excluding hydrogens is 257 g/mol. The van der Waals surface area contributed by atoms with Gasteiger partial charge >= 0.3 is 0 Å². The summed E-state index contributed by atoms with van der Waals surface area (Å²) in [4.78, 5) is 0. The van der Waals surface area contributed by atoms with E-state index < -0.39 is 0 Å². The molecule has 0 aliphatic rings. The summed E-state index contributed by atoms with van der Waals surface area (Å²) in [6.07, 6.45) is 2.48. The highest BCUT2D eigenvalue weighted by molar-refractivity contribution is 5.30. The minimum Gasteiger partial charge on any atom is -0.493 e. The smallest absolute Gasteiger partial charge is 0.161 e. The molecule has 0 amide bonds. The summed E-state index contributed by atoms with van der Waals surface area (Å²) in [5, 5.41) is 7.60. The van der Waals surface area contributed by atoms with Crippen molar-refractivity contribution >= 4 is 0 Å². The van der Waals surface area contributed by atoms with Crippen LogP contribution in [0.4, 0.5) is 4.39 Å². The van der Waals surface area contributed by atoms with Crippen LogP contribution in [-0.4, -0.2) is 23.9 Å². The van der Waals surface area contributed by atoms with Crippen LogP contribution in [0.2, 0.25) is 0 Å². The Morgan fingerprint density at radius 3 is 2.60 bits per heavy atom. The molecule has 1 atom stereocenters. The zero-order chi connectivity index (χ0) is 14.5. The van der Waals surface area contributed by atoms with Crippen molar-refractivity contribution in [3.05, 3.63) is 47.5 Å². The molecule has 0 saturated heterocycles. The van der Waals surface area contributed by atoms with Crippen molar-refractivity contribution in [1.29, 1.82) is 0 Å². The van der Waals surface area contributed by atoms with E-state index in [1.54, 1.807) is 25.4 Å². The number of methoxy groups -OCH3 is 1. The van der Waals surface area contributed by atoms with Crippen molar-refractivity contribution in [2.45, 2.75) is 25.9 Å². The van der Waals surface area contributed by atoms with Gasteiger partial charge in [0.05, 0.1) is 25.0 Å². The molecule has 0 saturated carbocycles. The number of benzene rings is 1. The van der Waals surface area contributed by atoms with Crippen molar-refractivity contribution in [3.8, 4) is 5.75 Å². The normalized spacial score (nSPS) is 12.4. The molecule has 0 fully saturated rings. The van der Waals surface area contributed by atoms with E-state index in [0.717, 1.165) is 30.0 Å². The molecule has 1 N–H and O–H groups in total. The Morgan fingerprint density at radius 1 is 1.35 bits per heavy atom. The van der Waals surface area contributed by atoms with E-state index in [2.05, 4.69) is 10.4 Å². The third-order valence-electron chi connectivity index (χ3n) is 3.40. The fourth-order valence-electron chi connectivity index (χ4n) is 2.33. The molecule has 1 aromatic carbocycles. The Balaban J connectivity index is 2.27. The number of hydrogen-bond donors (Lipinski definition) is 1. The molecule has 2 rings (SSSR count). The number of hydrogen-bond acceptors (Lipinski definition) is 3. The van der Waals surface area contributed by atoms with Crippen LogP contribution < -0.4 is 10.1 Å². The summed E-state index contributed by atoms with van der Waals surface area (Å²) >= 11 is 0. The SMILES string of the molecule is CCn1ncc(OC)c1C(Cc1ccc(F)cc1)NC. The molecule has 0 radical (unpaired) electrons. The maximum atomic E-state index is 13.0. The predicted molar refractivity (Wildman–Crippen MR) is 76.4 cm³/mol. The average molecular weight is 277 g/mol. The first-order valence-electron chi connectivity index (χ1n) is 6.71. The zero-order valence-electron chi connectivity index (χ0n) is 12.1. The summed E-state index contributed by atoms with van der Waals surface area (Å²) < 4.78 is 20.3. The second-order valence-corrected chi connectivity index (χ2v) is 4.59. The van der Waals surface area contributed by atoms with E-state index in [0.29, 0.717) is 0 Å². The molecule has 0 spiro atoms. The minimum atomic E-state index is -0.217. The number of halogens is 1. The van der Waals surface area contributed by atoms with E-state index in [9.17, 15) is 4.39 Å². The van der Waals surface area contributed by atoms with Crippen LogP contribution in [-0.2, 0) is 13.0 Å². The largest absolute Gasteiger partial charge is 0.493 e. The van der Waals surface area contributed by atoms with Crippen LogP contribution in [0.1, 0.15) is 24.2 Å². The van der Waals surface area contributed by atoms with Gasteiger partial charge in [-0.3, -0.25) is 4.68 Å². The summed E-state index contributed by atoms with van der Waals surface area (Å²) in [5.41, 5.74) is 2.08. The lowest BCUT2D eigenvalue weighted by Gasteiger charge is -2.19. The number of nitrogens with zero attached hydrogens (tertiary/aromatic N) is 2. The highest BCUT2D eigenvalue weighted by Crippen LogP contribution is 2.27. The van der Waals surface area contributed by atoms with Gasteiger partial charge in [-0.25, -0.2) is 4.39 Å². The lowest BCUT2D eigenvalue weighted by molar-refractivity contribution is 0.394. The molecule has 2 aromatic rings. The van der Waals surface area contributed by atoms with Gasteiger partial charge in [-0.15, -0.1) is 0 Å². The second kappa shape index (κ2) is 6.52. The van der Waals surface area contributed by atoms with Crippen molar-refractivity contribution in [2.75, 3.05) is 14.2 Å². The van der Waals surface area contributed by atoms with Gasteiger partial charge in [-0.1, -0.05) is 12.1 Å². The minimum absolute atomic E-state index is 0.0675. The first-order valence-corrected chi connectivity index (χ1v) is 6.71. The second-order valence-electron chi connectivity index (χ2n) is 4.59. The van der Waals surface area contributed by atoms with Crippen LogP contribution >= 0.6 is 0 Å². The molecule has 108 valence electrons. The molecule has 1 unspecified atom stereocenters. The van der Waals surface area contributed by atoms with Gasteiger partial charge in [-0.2, -0.15) is 5.10 Å². The van der Waals surface area contributed by atoms with E-state index in [-0.39, 0.29) is 11.9 Å². The first-order chi connectivity index (χ1) is 9.69. The molecule has 0 aliphatic carbocycles. The van der Waals surface area contributed by atoms with E-state index >= 15 is 0 Å². The maximum Gasteiger partial charge on any atom is 0.161 e. The monoisotopic (exact) mass is 277 g/mol. The van der Waals surface area contributed by atoms with Crippen LogP contribution in [0.3, 0.4) is 0 Å². The van der Waals surface area contributed by atoms with E-state index in [4.69, 9.17) is 4.74 Å². The van der Waals surface area contributed by atoms with Crippen molar-refractivity contribution < 1.29 is 9.13 Å². The van der Waals surface area contributed by atoms with Crippen LogP contribution in [0.15, 0.2) is 30.5 Å². The van der Waals surface area contributed by atoms with Gasteiger partial charge in [-0.05, 0) is 38.1 Å². The molecule has 4 nitrogen and oxygen atoms in total. The van der Waals surface area contributed by atoms with Gasteiger partial charge in [0.15, 0.2) is 5.75 Å². The Bertz CT molecular complexity index is 529. The topological polar surface area (TPSA) is 39.1 Å². The number of rotatable bonds is 6. The lowest BCUT2D eigenvalue weighted by atomic mass is 10.0. The van der Waals surface area contributed by atoms with Crippen LogP contribution in [0.5, 0.6) is 5.75 Å². The van der Waals surface area contributed by atoms with Gasteiger partial charge in [0.2, 0.25) is 0 Å². The van der Waals surface area contributed by atoms with Crippen molar-refractivity contribution in [2.24, 2.45) is 0 Å². The maximum absolute atomic E-state index is 13.0. The van der Waals surface area contributed by atoms with Crippen LogP contribution in [0.25, 0.3) is 0 Å². The molecule has 5 heteroatoms. The molecule has 20 heavy (non-hydrogen) atoms. The Kier molecular flexibility index (Phi) is 4.74. The van der Waals surface area contributed by atoms with Crippen molar-refractivity contribution in [1.82, 2.24) is 15.1 Å². The molecule has 0 aliphatic heterocycles. The highest BCUT2D eigenvalue weighted by atomic mass is 19.1. The fraction of sp³-hybridized carbons (Fsp3) is 0.400. The molecular formula is C15H20FN3O. The zero-order valence-corrected chi connectivity index (χ0v) is 12.1. The average Bonchev–Trinajstić information content (AvgIpc) is 2.89. The van der Waals surface area contributed by atoms with Gasteiger partial charge in [0, 0.05) is 6.54 Å². The first kappa shape index (κ1) is 14.5. The molecule has 0 bridgehead atoms. The third kappa shape index (κ3) is 2.99. The summed E-state index contributed by atoms with van der Waals surface area (Å²) in [6.45, 7) is 2.82. The van der Waals surface area contributed by atoms with E-state index in [1.807, 2.05) is 18.7 Å². The van der Waals surface area contributed by atoms with Gasteiger partial charge in [0.1, 0.15) is 5.82 Å². The number of nitrogens with one attached hydrogen (secondary N) is 1. The summed E-state index contributed by atoms with van der Waals surface area (Å²) in [5.74, 6) is 0.555. The van der Waals surface area contributed by atoms with Gasteiger partial charge in [0.25, 0.3) is 0 Å². The van der Waals surface area contributed by atoms with Crippen molar-refractivity contribution in [3.63, 3.8) is 0 Å². The number of aryl methyl sites for hydroxylation is 1. The van der Waals surface area contributed by atoms with Crippen LogP contribution in [0, 0.1) is 5.82 Å². The number of likely N-dealkylation sites (N-methyl/N-ethyl adjacent to an activating group) is 1.